The first-order valence-corrected chi connectivity index (χ1v) is 9.81. The topological polar surface area (TPSA) is 144 Å². The molecule has 1 saturated heterocycles. The predicted octanol–water partition coefficient (Wildman–Crippen LogP) is 2.83. The smallest absolute Gasteiger partial charge is 0.324 e. The van der Waals surface area contributed by atoms with Crippen LogP contribution in [-0.4, -0.2) is 57.2 Å². The molecule has 1 aliphatic heterocycles. The van der Waals surface area contributed by atoms with Crippen molar-refractivity contribution in [1.29, 1.82) is 0 Å². The number of amides is 1. The highest BCUT2D eigenvalue weighted by Gasteiger charge is 2.30. The third-order valence-electron chi connectivity index (χ3n) is 5.24. The first kappa shape index (κ1) is 19.5. The number of carbonyl (C=O) groups excluding carboxylic acids is 1. The normalized spacial score (nSPS) is 14.0. The van der Waals surface area contributed by atoms with Gasteiger partial charge in [-0.1, -0.05) is 6.07 Å². The average molecular weight is 435 g/mol. The van der Waals surface area contributed by atoms with Crippen molar-refractivity contribution in [2.24, 2.45) is 0 Å². The Morgan fingerprint density at radius 2 is 1.91 bits per heavy atom. The number of rotatable bonds is 5. The highest BCUT2D eigenvalue weighted by Crippen LogP contribution is 2.39. The van der Waals surface area contributed by atoms with Crippen molar-refractivity contribution >= 4 is 39.8 Å². The van der Waals surface area contributed by atoms with Gasteiger partial charge in [-0.2, -0.15) is 0 Å². The fraction of sp³-hybridized carbons (Fsp3) is 0.200. The molecule has 1 fully saturated rings. The number of piperazine rings is 1. The van der Waals surface area contributed by atoms with Crippen molar-refractivity contribution < 1.29 is 18.8 Å². The van der Waals surface area contributed by atoms with Crippen molar-refractivity contribution in [3.8, 4) is 0 Å². The predicted molar refractivity (Wildman–Crippen MR) is 113 cm³/mol. The van der Waals surface area contributed by atoms with E-state index >= 15 is 0 Å². The lowest BCUT2D eigenvalue weighted by atomic mass is 10.1. The molecule has 12 heteroatoms. The summed E-state index contributed by atoms with van der Waals surface area (Å²) in [4.78, 5) is 31.7. The van der Waals surface area contributed by atoms with Crippen LogP contribution in [0.2, 0.25) is 0 Å². The van der Waals surface area contributed by atoms with E-state index in [1.54, 1.807) is 47.5 Å². The second kappa shape index (κ2) is 7.98. The van der Waals surface area contributed by atoms with E-state index in [0.717, 1.165) is 0 Å². The van der Waals surface area contributed by atoms with Gasteiger partial charge in [0.25, 0.3) is 5.91 Å². The van der Waals surface area contributed by atoms with E-state index in [1.165, 1.54) is 6.26 Å². The van der Waals surface area contributed by atoms with Crippen LogP contribution in [0.15, 0.2) is 57.9 Å². The Morgan fingerprint density at radius 1 is 1.09 bits per heavy atom. The zero-order valence-corrected chi connectivity index (χ0v) is 16.7. The average Bonchev–Trinajstić information content (AvgIpc) is 3.51. The van der Waals surface area contributed by atoms with Gasteiger partial charge in [-0.3, -0.25) is 14.9 Å². The third kappa shape index (κ3) is 3.47. The monoisotopic (exact) mass is 435 g/mol. The van der Waals surface area contributed by atoms with Gasteiger partial charge in [-0.15, -0.1) is 0 Å². The first-order chi connectivity index (χ1) is 15.6. The van der Waals surface area contributed by atoms with Crippen LogP contribution in [0.1, 0.15) is 10.6 Å². The molecule has 4 aromatic rings. The summed E-state index contributed by atoms with van der Waals surface area (Å²) in [6, 6.07) is 10.2. The number of pyridine rings is 1. The number of hydrogen-bond donors (Lipinski definition) is 1. The molecule has 1 aliphatic rings. The summed E-state index contributed by atoms with van der Waals surface area (Å²) in [7, 11) is 0. The highest BCUT2D eigenvalue weighted by molar-refractivity contribution is 6.00. The molecule has 4 heterocycles. The van der Waals surface area contributed by atoms with Crippen molar-refractivity contribution in [2.75, 3.05) is 36.4 Å². The number of nitro benzene ring substituents is 1. The van der Waals surface area contributed by atoms with Crippen LogP contribution < -0.4 is 10.2 Å². The largest absolute Gasteiger partial charge is 0.459 e. The van der Waals surface area contributed by atoms with Gasteiger partial charge in [0.2, 0.25) is 5.52 Å². The summed E-state index contributed by atoms with van der Waals surface area (Å²) in [5, 5.41) is 22.5. The Morgan fingerprint density at radius 3 is 2.59 bits per heavy atom. The Hall–Kier alpha value is -4.48. The number of anilines is 3. The minimum atomic E-state index is -0.526. The quantitative estimate of drug-likeness (QED) is 0.367. The molecule has 0 unspecified atom stereocenters. The van der Waals surface area contributed by atoms with Gasteiger partial charge in [-0.05, 0) is 40.6 Å². The molecule has 0 spiro atoms. The molecule has 32 heavy (non-hydrogen) atoms. The molecule has 0 atom stereocenters. The second-order valence-corrected chi connectivity index (χ2v) is 7.11. The van der Waals surface area contributed by atoms with Gasteiger partial charge in [-0.25, -0.2) is 9.61 Å². The van der Waals surface area contributed by atoms with E-state index in [-0.39, 0.29) is 28.3 Å². The number of nitrogens with zero attached hydrogens (tertiary/aromatic N) is 6. The molecular formula is C20H17N7O5. The molecule has 1 amide bonds. The minimum Gasteiger partial charge on any atom is -0.459 e. The maximum Gasteiger partial charge on any atom is 0.324 e. The molecule has 5 rings (SSSR count). The van der Waals surface area contributed by atoms with Crippen LogP contribution in [0.4, 0.5) is 22.9 Å². The molecule has 0 saturated carbocycles. The number of furan rings is 1. The number of nitrogens with one attached hydrogen (secondary N) is 1. The molecule has 162 valence electrons. The van der Waals surface area contributed by atoms with Crippen molar-refractivity contribution in [3.63, 3.8) is 0 Å². The first-order valence-electron chi connectivity index (χ1n) is 9.81. The highest BCUT2D eigenvalue weighted by atomic mass is 16.6. The lowest BCUT2D eigenvalue weighted by Crippen LogP contribution is -2.48. The fourth-order valence-electron chi connectivity index (χ4n) is 3.72. The number of fused-ring (bicyclic) bond motifs is 1. The molecule has 3 aromatic heterocycles. The number of nitro groups is 1. The molecule has 0 bridgehead atoms. The summed E-state index contributed by atoms with van der Waals surface area (Å²) in [5.74, 6) is 0.564. The standard InChI is InChI=1S/C20H17N7O5/c28-20(15-4-3-11-31-15)26-9-7-25(8-10-26)14-12-13(22-16-5-1-2-6-21-16)19(27(29)30)18-17(14)23-32-24-18/h1-6,11-12H,7-10H2,(H,21,22). The van der Waals surface area contributed by atoms with E-state index in [0.29, 0.717) is 43.4 Å². The summed E-state index contributed by atoms with van der Waals surface area (Å²) in [5.41, 5.74) is 0.924. The Kier molecular flexibility index (Phi) is 4.86. The maximum atomic E-state index is 12.5. The van der Waals surface area contributed by atoms with Gasteiger partial charge >= 0.3 is 5.69 Å². The van der Waals surface area contributed by atoms with Gasteiger partial charge < -0.3 is 19.5 Å². The summed E-state index contributed by atoms with van der Waals surface area (Å²) < 4.78 is 10.1. The van der Waals surface area contributed by atoms with Crippen LogP contribution in [0.3, 0.4) is 0 Å². The lowest BCUT2D eigenvalue weighted by Gasteiger charge is -2.35. The van der Waals surface area contributed by atoms with Crippen LogP contribution >= 0.6 is 0 Å². The van der Waals surface area contributed by atoms with Crippen LogP contribution in [0.5, 0.6) is 0 Å². The minimum absolute atomic E-state index is 0.0417. The Balaban J connectivity index is 1.46. The van der Waals surface area contributed by atoms with Crippen LogP contribution in [0, 0.1) is 10.1 Å². The van der Waals surface area contributed by atoms with E-state index < -0.39 is 4.92 Å². The van der Waals surface area contributed by atoms with E-state index in [2.05, 4.69) is 20.6 Å². The summed E-state index contributed by atoms with van der Waals surface area (Å²) in [6.07, 6.45) is 3.05. The van der Waals surface area contributed by atoms with E-state index in [9.17, 15) is 14.9 Å². The Bertz CT molecular complexity index is 1260. The van der Waals surface area contributed by atoms with Gasteiger partial charge in [0, 0.05) is 32.4 Å². The summed E-state index contributed by atoms with van der Waals surface area (Å²) >= 11 is 0. The number of carbonyl (C=O) groups is 1. The van der Waals surface area contributed by atoms with Crippen molar-refractivity contribution in [2.45, 2.75) is 0 Å². The molecule has 1 N–H and O–H groups in total. The van der Waals surface area contributed by atoms with Gasteiger partial charge in [0.05, 0.1) is 16.9 Å². The third-order valence-corrected chi connectivity index (χ3v) is 5.24. The van der Waals surface area contributed by atoms with Crippen LogP contribution in [-0.2, 0) is 0 Å². The van der Waals surface area contributed by atoms with Crippen molar-refractivity contribution in [3.05, 3.63) is 64.7 Å². The van der Waals surface area contributed by atoms with Gasteiger partial charge in [0.1, 0.15) is 11.5 Å². The molecule has 12 nitrogen and oxygen atoms in total. The number of hydrogen-bond acceptors (Lipinski definition) is 10. The second-order valence-electron chi connectivity index (χ2n) is 7.11. The zero-order chi connectivity index (χ0) is 22.1. The zero-order valence-electron chi connectivity index (χ0n) is 16.7. The maximum absolute atomic E-state index is 12.5. The lowest BCUT2D eigenvalue weighted by molar-refractivity contribution is -0.382. The van der Waals surface area contributed by atoms with Gasteiger partial charge in [0.15, 0.2) is 11.3 Å². The van der Waals surface area contributed by atoms with Crippen molar-refractivity contribution in [1.82, 2.24) is 20.2 Å². The van der Waals surface area contributed by atoms with E-state index in [1.807, 2.05) is 4.90 Å². The molecular weight excluding hydrogens is 418 g/mol. The summed E-state index contributed by atoms with van der Waals surface area (Å²) in [6.45, 7) is 1.89. The molecule has 0 radical (unpaired) electrons. The molecule has 1 aromatic carbocycles. The van der Waals surface area contributed by atoms with Crippen LogP contribution in [0.25, 0.3) is 11.0 Å². The van der Waals surface area contributed by atoms with E-state index in [4.69, 9.17) is 9.05 Å². The number of benzene rings is 1. The SMILES string of the molecule is O=C(c1ccco1)N1CCN(c2cc(Nc3ccccn3)c([N+](=O)[O-])c3nonc23)CC1. The fourth-order valence-corrected chi connectivity index (χ4v) is 3.72. The number of aromatic nitrogens is 3. The Labute approximate surface area is 180 Å². The molecule has 0 aliphatic carbocycles.